The lowest BCUT2D eigenvalue weighted by Crippen LogP contribution is -2.16. The third-order valence-electron chi connectivity index (χ3n) is 4.06. The summed E-state index contributed by atoms with van der Waals surface area (Å²) in [5.74, 6) is 0.727. The molecule has 6 nitrogen and oxygen atoms in total. The molecule has 0 aliphatic carbocycles. The van der Waals surface area contributed by atoms with Crippen LogP contribution in [0.1, 0.15) is 10.4 Å². The Morgan fingerprint density at radius 2 is 1.34 bits per heavy atom. The second-order valence-corrected chi connectivity index (χ2v) is 7.00. The molecule has 4 rings (SSSR count). The summed E-state index contributed by atoms with van der Waals surface area (Å²) in [4.78, 5) is 16.9. The number of hydrogen-bond acceptors (Lipinski definition) is 5. The van der Waals surface area contributed by atoms with Gasteiger partial charge in [-0.05, 0) is 60.7 Å². The zero-order chi connectivity index (χ0) is 20.2. The van der Waals surface area contributed by atoms with E-state index >= 15 is 0 Å². The van der Waals surface area contributed by atoms with E-state index in [0.717, 1.165) is 11.4 Å². The van der Waals surface area contributed by atoms with Crippen molar-refractivity contribution in [3.05, 3.63) is 94.7 Å². The van der Waals surface area contributed by atoms with Crippen LogP contribution in [0.2, 0.25) is 10.0 Å². The molecular weight excluding hydrogens is 409 g/mol. The number of nitrogens with zero attached hydrogens (tertiary/aromatic N) is 3. The zero-order valence-electron chi connectivity index (χ0n) is 15.0. The van der Waals surface area contributed by atoms with Crippen molar-refractivity contribution in [2.24, 2.45) is 0 Å². The Morgan fingerprint density at radius 1 is 0.793 bits per heavy atom. The van der Waals surface area contributed by atoms with Gasteiger partial charge in [-0.25, -0.2) is 0 Å². The second-order valence-electron chi connectivity index (χ2n) is 6.13. The van der Waals surface area contributed by atoms with Crippen molar-refractivity contribution in [1.82, 2.24) is 14.8 Å². The van der Waals surface area contributed by atoms with Crippen molar-refractivity contribution in [3.8, 4) is 0 Å². The van der Waals surface area contributed by atoms with Gasteiger partial charge in [-0.15, -0.1) is 5.10 Å². The first-order valence-electron chi connectivity index (χ1n) is 8.68. The third-order valence-corrected chi connectivity index (χ3v) is 4.57. The standard InChI is InChI=1S/C21H15Cl2N5O/c22-15-1-5-17(6-2-15)25-19-13-20(26-18-7-3-16(23)4-8-18)28(27-19)21(29)14-9-11-24-12-10-14/h1-13,26H,(H,25,27). The fraction of sp³-hybridized carbons (Fsp3) is 0. The van der Waals surface area contributed by atoms with Crippen LogP contribution in [0.4, 0.5) is 23.0 Å². The fourth-order valence-corrected chi connectivity index (χ4v) is 2.92. The highest BCUT2D eigenvalue weighted by Gasteiger charge is 2.17. The summed E-state index contributed by atoms with van der Waals surface area (Å²) in [6, 6.07) is 19.4. The Labute approximate surface area is 177 Å². The van der Waals surface area contributed by atoms with Crippen molar-refractivity contribution in [3.63, 3.8) is 0 Å². The van der Waals surface area contributed by atoms with Crippen LogP contribution in [0.3, 0.4) is 0 Å². The van der Waals surface area contributed by atoms with Crippen molar-refractivity contribution in [1.29, 1.82) is 0 Å². The maximum atomic E-state index is 13.0. The van der Waals surface area contributed by atoms with Crippen molar-refractivity contribution < 1.29 is 4.79 Å². The smallest absolute Gasteiger partial charge is 0.280 e. The number of aromatic nitrogens is 3. The van der Waals surface area contributed by atoms with Gasteiger partial charge in [0.25, 0.3) is 5.91 Å². The molecule has 4 aromatic rings. The molecule has 0 radical (unpaired) electrons. The van der Waals surface area contributed by atoms with Gasteiger partial charge in [-0.2, -0.15) is 4.68 Å². The van der Waals surface area contributed by atoms with Crippen LogP contribution in [-0.2, 0) is 0 Å². The molecule has 29 heavy (non-hydrogen) atoms. The molecule has 0 saturated heterocycles. The Hall–Kier alpha value is -3.35. The molecule has 0 aliphatic heterocycles. The van der Waals surface area contributed by atoms with Crippen molar-refractivity contribution in [2.45, 2.75) is 0 Å². The molecular formula is C21H15Cl2N5O. The van der Waals surface area contributed by atoms with E-state index in [4.69, 9.17) is 23.2 Å². The number of benzene rings is 2. The van der Waals surface area contributed by atoms with Crippen LogP contribution in [0.25, 0.3) is 0 Å². The number of carbonyl (C=O) groups excluding carboxylic acids is 1. The molecule has 2 aromatic carbocycles. The molecule has 144 valence electrons. The van der Waals surface area contributed by atoms with Crippen molar-refractivity contribution >= 4 is 52.1 Å². The van der Waals surface area contributed by atoms with E-state index in [0.29, 0.717) is 27.2 Å². The van der Waals surface area contributed by atoms with Crippen LogP contribution in [0.15, 0.2) is 79.1 Å². The first-order chi connectivity index (χ1) is 14.1. The number of rotatable bonds is 5. The van der Waals surface area contributed by atoms with Crippen LogP contribution in [-0.4, -0.2) is 20.7 Å². The predicted octanol–water partition coefficient (Wildman–Crippen LogP) is 5.76. The lowest BCUT2D eigenvalue weighted by atomic mass is 10.2. The SMILES string of the molecule is O=C(c1ccncc1)n1nc(Nc2ccc(Cl)cc2)cc1Nc1ccc(Cl)cc1. The van der Waals surface area contributed by atoms with Gasteiger partial charge in [0.05, 0.1) is 0 Å². The van der Waals surface area contributed by atoms with Gasteiger partial charge in [-0.1, -0.05) is 23.2 Å². The summed E-state index contributed by atoms with van der Waals surface area (Å²) < 4.78 is 1.31. The summed E-state index contributed by atoms with van der Waals surface area (Å²) in [5.41, 5.74) is 2.05. The maximum Gasteiger partial charge on any atom is 0.280 e. The normalized spacial score (nSPS) is 10.6. The van der Waals surface area contributed by atoms with Crippen LogP contribution < -0.4 is 10.6 Å². The summed E-state index contributed by atoms with van der Waals surface area (Å²) in [5, 5.41) is 12.1. The van der Waals surface area contributed by atoms with Crippen molar-refractivity contribution in [2.75, 3.05) is 10.6 Å². The molecule has 0 bridgehead atoms. The van der Waals surface area contributed by atoms with E-state index in [9.17, 15) is 4.79 Å². The van der Waals surface area contributed by atoms with Gasteiger partial charge in [0, 0.05) is 45.4 Å². The first kappa shape index (κ1) is 19.0. The van der Waals surface area contributed by atoms with Crippen LogP contribution in [0.5, 0.6) is 0 Å². The summed E-state index contributed by atoms with van der Waals surface area (Å²) >= 11 is 11.9. The number of halogens is 2. The van der Waals surface area contributed by atoms with Crippen LogP contribution >= 0.6 is 23.2 Å². The molecule has 0 aliphatic rings. The monoisotopic (exact) mass is 423 g/mol. The quantitative estimate of drug-likeness (QED) is 0.426. The van der Waals surface area contributed by atoms with E-state index < -0.39 is 0 Å². The molecule has 0 atom stereocenters. The number of pyridine rings is 1. The second kappa shape index (κ2) is 8.34. The largest absolute Gasteiger partial charge is 0.340 e. The zero-order valence-corrected chi connectivity index (χ0v) is 16.5. The van der Waals surface area contributed by atoms with Gasteiger partial charge in [0.15, 0.2) is 5.82 Å². The lowest BCUT2D eigenvalue weighted by molar-refractivity contribution is 0.0948. The summed E-state index contributed by atoms with van der Waals surface area (Å²) in [6.07, 6.45) is 3.13. The number of nitrogens with one attached hydrogen (secondary N) is 2. The maximum absolute atomic E-state index is 13.0. The molecule has 2 N–H and O–H groups in total. The molecule has 2 heterocycles. The van der Waals surface area contributed by atoms with E-state index in [1.54, 1.807) is 54.9 Å². The van der Waals surface area contributed by atoms with E-state index in [1.165, 1.54) is 4.68 Å². The minimum atomic E-state index is -0.284. The molecule has 0 saturated carbocycles. The van der Waals surface area contributed by atoms with Gasteiger partial charge >= 0.3 is 0 Å². The number of anilines is 4. The number of hydrogen-bond donors (Lipinski definition) is 2. The van der Waals surface area contributed by atoms with Gasteiger partial charge < -0.3 is 10.6 Å². The van der Waals surface area contributed by atoms with Crippen LogP contribution in [0, 0.1) is 0 Å². The minimum Gasteiger partial charge on any atom is -0.340 e. The molecule has 0 spiro atoms. The van der Waals surface area contributed by atoms with Gasteiger partial charge in [0.1, 0.15) is 5.82 Å². The Kier molecular flexibility index (Phi) is 5.46. The topological polar surface area (TPSA) is 71.8 Å². The molecule has 0 amide bonds. The highest BCUT2D eigenvalue weighted by atomic mass is 35.5. The highest BCUT2D eigenvalue weighted by molar-refractivity contribution is 6.30. The average molecular weight is 424 g/mol. The molecule has 2 aromatic heterocycles. The lowest BCUT2D eigenvalue weighted by Gasteiger charge is -2.08. The summed E-state index contributed by atoms with van der Waals surface area (Å²) in [7, 11) is 0. The fourth-order valence-electron chi connectivity index (χ4n) is 2.67. The van der Waals surface area contributed by atoms with Gasteiger partial charge in [0.2, 0.25) is 0 Å². The van der Waals surface area contributed by atoms with E-state index in [1.807, 2.05) is 24.3 Å². The Balaban J connectivity index is 1.68. The molecule has 8 heteroatoms. The molecule has 0 fully saturated rings. The first-order valence-corrected chi connectivity index (χ1v) is 9.44. The van der Waals surface area contributed by atoms with E-state index in [2.05, 4.69) is 20.7 Å². The Bertz CT molecular complexity index is 1130. The minimum absolute atomic E-state index is 0.284. The number of carbonyl (C=O) groups is 1. The Morgan fingerprint density at radius 3 is 1.93 bits per heavy atom. The van der Waals surface area contributed by atoms with Gasteiger partial charge in [-0.3, -0.25) is 9.78 Å². The molecule has 0 unspecified atom stereocenters. The highest BCUT2D eigenvalue weighted by Crippen LogP contribution is 2.25. The van der Waals surface area contributed by atoms with E-state index in [-0.39, 0.29) is 5.91 Å². The summed E-state index contributed by atoms with van der Waals surface area (Å²) in [6.45, 7) is 0. The average Bonchev–Trinajstić information content (AvgIpc) is 3.13. The third kappa shape index (κ3) is 4.56. The predicted molar refractivity (Wildman–Crippen MR) is 116 cm³/mol.